The number of aliphatic imine (C=N–C) groups is 1. The van der Waals surface area contributed by atoms with Crippen molar-refractivity contribution >= 4 is 17.6 Å². The maximum atomic E-state index is 11.5. The summed E-state index contributed by atoms with van der Waals surface area (Å²) >= 11 is 1.65. The van der Waals surface area contributed by atoms with Crippen LogP contribution >= 0.6 is 11.3 Å². The number of nitrogens with zero attached hydrogens (tertiary/aromatic N) is 1. The summed E-state index contributed by atoms with van der Waals surface area (Å²) in [6.07, 6.45) is 1.59. The Morgan fingerprint density at radius 1 is 1.53 bits per heavy atom. The van der Waals surface area contributed by atoms with Gasteiger partial charge >= 0.3 is 0 Å². The molecular formula is C11H13N3O2S. The molecule has 2 aromatic rings. The van der Waals surface area contributed by atoms with Crippen LogP contribution in [-0.2, 0) is 17.9 Å². The quantitative estimate of drug-likeness (QED) is 0.791. The summed E-state index contributed by atoms with van der Waals surface area (Å²) in [7, 11) is 1.58. The van der Waals surface area contributed by atoms with Gasteiger partial charge in [0.2, 0.25) is 0 Å². The van der Waals surface area contributed by atoms with Gasteiger partial charge in [-0.3, -0.25) is 20.0 Å². The van der Waals surface area contributed by atoms with Gasteiger partial charge in [0.1, 0.15) is 0 Å². The second-order valence-electron chi connectivity index (χ2n) is 3.45. The van der Waals surface area contributed by atoms with Crippen LogP contribution in [-0.4, -0.2) is 23.5 Å². The van der Waals surface area contributed by atoms with Crippen LogP contribution in [0, 0.1) is 0 Å². The molecule has 2 N–H and O–H groups in total. The summed E-state index contributed by atoms with van der Waals surface area (Å²) < 4.78 is 4.98. The van der Waals surface area contributed by atoms with E-state index in [9.17, 15) is 4.79 Å². The minimum Gasteiger partial charge on any atom is -0.378 e. The highest BCUT2D eigenvalue weighted by Gasteiger charge is 2.06. The second-order valence-corrected chi connectivity index (χ2v) is 4.49. The zero-order valence-corrected chi connectivity index (χ0v) is 10.2. The lowest BCUT2D eigenvalue weighted by atomic mass is 10.3. The lowest BCUT2D eigenvalue weighted by Crippen LogP contribution is -2.06. The van der Waals surface area contributed by atoms with Crippen LogP contribution in [0.15, 0.2) is 27.3 Å². The van der Waals surface area contributed by atoms with Crippen LogP contribution in [0.2, 0.25) is 0 Å². The average Bonchev–Trinajstić information content (AvgIpc) is 2.93. The molecule has 2 rings (SSSR count). The molecule has 6 heteroatoms. The number of methoxy groups -OCH3 is 1. The zero-order chi connectivity index (χ0) is 12.1. The summed E-state index contributed by atoms with van der Waals surface area (Å²) in [6.45, 7) is 0.952. The van der Waals surface area contributed by atoms with Gasteiger partial charge in [0.15, 0.2) is 0 Å². The van der Waals surface area contributed by atoms with E-state index >= 15 is 0 Å². The minimum absolute atomic E-state index is 0.174. The number of rotatable bonds is 5. The highest BCUT2D eigenvalue weighted by Crippen LogP contribution is 2.09. The zero-order valence-electron chi connectivity index (χ0n) is 9.40. The van der Waals surface area contributed by atoms with Crippen molar-refractivity contribution in [2.45, 2.75) is 13.2 Å². The predicted octanol–water partition coefficient (Wildman–Crippen LogP) is 1.53. The molecule has 0 aromatic carbocycles. The topological polar surface area (TPSA) is 70.2 Å². The maximum absolute atomic E-state index is 11.5. The highest BCUT2D eigenvalue weighted by atomic mass is 32.1. The Bertz CT molecular complexity index is 539. The number of nitrogens with one attached hydrogen (secondary N) is 2. The monoisotopic (exact) mass is 251 g/mol. The lowest BCUT2D eigenvalue weighted by Gasteiger charge is -1.95. The molecule has 0 aliphatic heterocycles. The van der Waals surface area contributed by atoms with Gasteiger partial charge in [-0.05, 0) is 11.4 Å². The molecule has 2 heterocycles. The Morgan fingerprint density at radius 3 is 3.12 bits per heavy atom. The molecule has 0 fully saturated rings. The third kappa shape index (κ3) is 2.92. The van der Waals surface area contributed by atoms with Crippen molar-refractivity contribution < 1.29 is 4.74 Å². The molecule has 17 heavy (non-hydrogen) atoms. The van der Waals surface area contributed by atoms with E-state index in [0.717, 1.165) is 0 Å². The Balaban J connectivity index is 2.09. The van der Waals surface area contributed by atoms with Crippen LogP contribution in [0.5, 0.6) is 0 Å². The van der Waals surface area contributed by atoms with Gasteiger partial charge in [0, 0.05) is 18.2 Å². The lowest BCUT2D eigenvalue weighted by molar-refractivity contribution is 0.181. The van der Waals surface area contributed by atoms with Crippen molar-refractivity contribution in [3.63, 3.8) is 0 Å². The first kappa shape index (κ1) is 11.8. The molecule has 0 amide bonds. The Labute approximate surface area is 102 Å². The van der Waals surface area contributed by atoms with Crippen molar-refractivity contribution in [3.8, 4) is 0 Å². The number of thiophene rings is 1. The van der Waals surface area contributed by atoms with Crippen LogP contribution < -0.4 is 5.56 Å². The Hall–Kier alpha value is -1.66. The fraction of sp³-hybridized carbons (Fsp3) is 0.273. The van der Waals surface area contributed by atoms with Gasteiger partial charge in [0.25, 0.3) is 5.56 Å². The molecule has 0 unspecified atom stereocenters. The van der Waals surface area contributed by atoms with E-state index in [-0.39, 0.29) is 5.56 Å². The normalized spacial score (nSPS) is 11.4. The molecule has 0 radical (unpaired) electrons. The highest BCUT2D eigenvalue weighted by molar-refractivity contribution is 7.09. The van der Waals surface area contributed by atoms with Crippen molar-refractivity contribution in [3.05, 3.63) is 44.0 Å². The van der Waals surface area contributed by atoms with Crippen molar-refractivity contribution in [1.82, 2.24) is 10.2 Å². The first-order valence-corrected chi connectivity index (χ1v) is 6.00. The molecule has 0 spiro atoms. The van der Waals surface area contributed by atoms with Crippen molar-refractivity contribution in [2.24, 2.45) is 4.99 Å². The van der Waals surface area contributed by atoms with Crippen LogP contribution in [0.4, 0.5) is 0 Å². The Kier molecular flexibility index (Phi) is 3.89. The number of hydrogen-bond acceptors (Lipinski definition) is 4. The van der Waals surface area contributed by atoms with E-state index in [1.165, 1.54) is 4.88 Å². The van der Waals surface area contributed by atoms with E-state index in [4.69, 9.17) is 4.74 Å². The third-order valence-corrected chi connectivity index (χ3v) is 3.09. The van der Waals surface area contributed by atoms with E-state index in [1.807, 2.05) is 17.5 Å². The molecular weight excluding hydrogens is 238 g/mol. The fourth-order valence-electron chi connectivity index (χ4n) is 1.43. The van der Waals surface area contributed by atoms with E-state index in [2.05, 4.69) is 15.2 Å². The SMILES string of the molecule is COCc1[nH][nH]c(=O)c1C=NCc1cccs1. The first-order valence-electron chi connectivity index (χ1n) is 5.12. The van der Waals surface area contributed by atoms with Gasteiger partial charge in [-0.15, -0.1) is 11.3 Å². The Morgan fingerprint density at radius 2 is 2.41 bits per heavy atom. The third-order valence-electron chi connectivity index (χ3n) is 2.23. The summed E-state index contributed by atoms with van der Waals surface area (Å²) in [5.41, 5.74) is 1.07. The molecule has 0 saturated heterocycles. The number of ether oxygens (including phenoxy) is 1. The number of aromatic nitrogens is 2. The van der Waals surface area contributed by atoms with Crippen LogP contribution in [0.3, 0.4) is 0 Å². The minimum atomic E-state index is -0.174. The summed E-state index contributed by atoms with van der Waals surface area (Å²) in [5.74, 6) is 0. The molecule has 90 valence electrons. The number of hydrogen-bond donors (Lipinski definition) is 2. The van der Waals surface area contributed by atoms with Gasteiger partial charge < -0.3 is 4.74 Å². The maximum Gasteiger partial charge on any atom is 0.273 e. The number of H-pyrrole nitrogens is 2. The second kappa shape index (κ2) is 5.60. The van der Waals surface area contributed by atoms with Gasteiger partial charge in [-0.1, -0.05) is 6.07 Å². The molecule has 0 aliphatic carbocycles. The summed E-state index contributed by atoms with van der Waals surface area (Å²) in [5, 5.41) is 7.29. The molecule has 5 nitrogen and oxygen atoms in total. The standard InChI is InChI=1S/C11H13N3O2S/c1-16-7-10-9(11(15)14-13-10)6-12-5-8-3-2-4-17-8/h2-4,6H,5,7H2,1H3,(H2,13,14,15). The van der Waals surface area contributed by atoms with Crippen molar-refractivity contribution in [2.75, 3.05) is 7.11 Å². The predicted molar refractivity (Wildman–Crippen MR) is 67.7 cm³/mol. The summed E-state index contributed by atoms with van der Waals surface area (Å²) in [4.78, 5) is 16.9. The van der Waals surface area contributed by atoms with Gasteiger partial charge in [-0.2, -0.15) is 0 Å². The molecule has 0 atom stereocenters. The average molecular weight is 251 g/mol. The van der Waals surface area contributed by atoms with Crippen LogP contribution in [0.25, 0.3) is 0 Å². The number of aromatic amines is 2. The van der Waals surface area contributed by atoms with Crippen molar-refractivity contribution in [1.29, 1.82) is 0 Å². The van der Waals surface area contributed by atoms with Gasteiger partial charge in [-0.25, -0.2) is 0 Å². The van der Waals surface area contributed by atoms with E-state index in [0.29, 0.717) is 24.4 Å². The van der Waals surface area contributed by atoms with E-state index in [1.54, 1.807) is 24.7 Å². The van der Waals surface area contributed by atoms with Crippen LogP contribution in [0.1, 0.15) is 16.1 Å². The first-order chi connectivity index (χ1) is 8.31. The molecule has 0 saturated carbocycles. The van der Waals surface area contributed by atoms with E-state index < -0.39 is 0 Å². The van der Waals surface area contributed by atoms with Gasteiger partial charge in [0.05, 0.1) is 24.4 Å². The molecule has 0 bridgehead atoms. The largest absolute Gasteiger partial charge is 0.378 e. The molecule has 0 aliphatic rings. The summed E-state index contributed by atoms with van der Waals surface area (Å²) in [6, 6.07) is 3.99. The molecule has 2 aromatic heterocycles. The smallest absolute Gasteiger partial charge is 0.273 e. The fourth-order valence-corrected chi connectivity index (χ4v) is 2.07.